The molecule has 7 heteroatoms. The van der Waals surface area contributed by atoms with Gasteiger partial charge in [0.15, 0.2) is 5.82 Å². The molecule has 0 saturated carbocycles. The number of nitrogens with zero attached hydrogens (tertiary/aromatic N) is 3. The largest absolute Gasteiger partial charge is 0.342 e. The number of hydrogen-bond acceptors (Lipinski definition) is 6. The molecule has 1 atom stereocenters. The highest BCUT2D eigenvalue weighted by Gasteiger charge is 2.30. The van der Waals surface area contributed by atoms with Crippen molar-refractivity contribution >= 4 is 28.6 Å². The Morgan fingerprint density at radius 1 is 1.39 bits per heavy atom. The first-order chi connectivity index (χ1) is 11.3. The van der Waals surface area contributed by atoms with Crippen LogP contribution < -0.4 is 0 Å². The van der Waals surface area contributed by atoms with E-state index in [0.29, 0.717) is 24.7 Å². The summed E-state index contributed by atoms with van der Waals surface area (Å²) in [5, 5.41) is 10.1. The summed E-state index contributed by atoms with van der Waals surface area (Å²) in [5.74, 6) is 1.61. The van der Waals surface area contributed by atoms with E-state index >= 15 is 0 Å². The van der Waals surface area contributed by atoms with Crippen molar-refractivity contribution < 1.29 is 9.32 Å². The maximum absolute atomic E-state index is 12.4. The van der Waals surface area contributed by atoms with Crippen LogP contribution in [0, 0.1) is 0 Å². The fourth-order valence-corrected chi connectivity index (χ4v) is 4.10. The minimum Gasteiger partial charge on any atom is -0.342 e. The quantitative estimate of drug-likeness (QED) is 0.727. The molecular weight excluding hydrogens is 330 g/mol. The van der Waals surface area contributed by atoms with Crippen LogP contribution in [-0.4, -0.2) is 34.0 Å². The molecule has 1 amide bonds. The summed E-state index contributed by atoms with van der Waals surface area (Å²) < 4.78 is 5.35. The van der Waals surface area contributed by atoms with Crippen LogP contribution in [0.5, 0.6) is 0 Å². The second-order valence-electron chi connectivity index (χ2n) is 5.55. The summed E-state index contributed by atoms with van der Waals surface area (Å²) >= 11 is 3.22. The van der Waals surface area contributed by atoms with Gasteiger partial charge in [-0.1, -0.05) is 11.2 Å². The Bertz CT molecular complexity index is 780. The lowest BCUT2D eigenvalue weighted by Crippen LogP contribution is -2.29. The lowest BCUT2D eigenvalue weighted by Gasteiger charge is -2.15. The van der Waals surface area contributed by atoms with Gasteiger partial charge in [-0.15, -0.1) is 11.3 Å². The number of amides is 1. The van der Waals surface area contributed by atoms with Crippen molar-refractivity contribution in [1.82, 2.24) is 15.0 Å². The van der Waals surface area contributed by atoms with Gasteiger partial charge in [0.1, 0.15) is 0 Å². The lowest BCUT2D eigenvalue weighted by atomic mass is 10.1. The highest BCUT2D eigenvalue weighted by Crippen LogP contribution is 2.28. The maximum Gasteiger partial charge on any atom is 0.258 e. The molecule has 0 N–H and O–H groups in total. The predicted octanol–water partition coefficient (Wildman–Crippen LogP) is 3.42. The number of aromatic nitrogens is 2. The summed E-state index contributed by atoms with van der Waals surface area (Å²) in [6.07, 6.45) is 1.37. The van der Waals surface area contributed by atoms with Gasteiger partial charge in [0.25, 0.3) is 5.89 Å². The molecule has 3 aromatic rings. The molecule has 1 aliphatic rings. The highest BCUT2D eigenvalue weighted by molar-refractivity contribution is 7.10. The van der Waals surface area contributed by atoms with Gasteiger partial charge in [-0.05, 0) is 29.3 Å². The van der Waals surface area contributed by atoms with Crippen LogP contribution in [0.4, 0.5) is 0 Å². The summed E-state index contributed by atoms with van der Waals surface area (Å²) in [7, 11) is 0. The average Bonchev–Trinajstić information content (AvgIpc) is 3.30. The molecule has 4 rings (SSSR count). The Kier molecular flexibility index (Phi) is 3.97. The van der Waals surface area contributed by atoms with Crippen LogP contribution in [0.2, 0.25) is 0 Å². The molecule has 118 valence electrons. The van der Waals surface area contributed by atoms with Crippen LogP contribution in [0.15, 0.2) is 38.9 Å². The Morgan fingerprint density at radius 3 is 3.13 bits per heavy atom. The van der Waals surface area contributed by atoms with Gasteiger partial charge in [0, 0.05) is 29.3 Å². The minimum absolute atomic E-state index is 0.165. The Hall–Kier alpha value is -1.99. The molecule has 0 aromatic carbocycles. The van der Waals surface area contributed by atoms with Gasteiger partial charge in [0.05, 0.1) is 12.0 Å². The molecule has 1 fully saturated rings. The van der Waals surface area contributed by atoms with Gasteiger partial charge in [0.2, 0.25) is 5.91 Å². The molecule has 23 heavy (non-hydrogen) atoms. The number of thiophene rings is 2. The number of rotatable bonds is 4. The first-order valence-corrected chi connectivity index (χ1v) is 9.28. The lowest BCUT2D eigenvalue weighted by molar-refractivity contribution is -0.129. The molecule has 0 unspecified atom stereocenters. The molecule has 1 saturated heterocycles. The topological polar surface area (TPSA) is 59.2 Å². The monoisotopic (exact) mass is 345 g/mol. The van der Waals surface area contributed by atoms with E-state index in [2.05, 4.69) is 10.1 Å². The van der Waals surface area contributed by atoms with Gasteiger partial charge in [-0.2, -0.15) is 16.3 Å². The number of likely N-dealkylation sites (tertiary alicyclic amines) is 1. The standard InChI is InChI=1S/C16H15N3O2S2/c20-14(8-13-2-1-6-23-13)19-5-3-11(9-19)15-17-16(21-18-15)12-4-7-22-10-12/h1-2,4,6-7,10-11H,3,5,8-9H2/t11-/m0/s1. The van der Waals surface area contributed by atoms with E-state index in [-0.39, 0.29) is 11.8 Å². The Labute approximate surface area is 141 Å². The third-order valence-electron chi connectivity index (χ3n) is 4.02. The van der Waals surface area contributed by atoms with Crippen molar-refractivity contribution in [2.24, 2.45) is 0 Å². The average molecular weight is 345 g/mol. The van der Waals surface area contributed by atoms with Crippen molar-refractivity contribution in [3.05, 3.63) is 45.0 Å². The fourth-order valence-electron chi connectivity index (χ4n) is 2.78. The summed E-state index contributed by atoms with van der Waals surface area (Å²) in [5.41, 5.74) is 0.956. The van der Waals surface area contributed by atoms with Crippen molar-refractivity contribution in [3.63, 3.8) is 0 Å². The molecule has 0 spiro atoms. The maximum atomic E-state index is 12.4. The highest BCUT2D eigenvalue weighted by atomic mass is 32.1. The molecule has 1 aliphatic heterocycles. The Balaban J connectivity index is 1.41. The number of carbonyl (C=O) groups is 1. The SMILES string of the molecule is O=C(Cc1cccs1)N1CC[C@H](c2noc(-c3ccsc3)n2)C1. The first kappa shape index (κ1) is 14.6. The zero-order valence-corrected chi connectivity index (χ0v) is 14.0. The van der Waals surface area contributed by atoms with Crippen molar-refractivity contribution in [2.75, 3.05) is 13.1 Å². The molecule has 0 aliphatic carbocycles. The summed E-state index contributed by atoms with van der Waals surface area (Å²) in [4.78, 5) is 19.9. The third kappa shape index (κ3) is 3.07. The van der Waals surface area contributed by atoms with E-state index in [1.165, 1.54) is 0 Å². The van der Waals surface area contributed by atoms with Crippen LogP contribution in [0.1, 0.15) is 23.0 Å². The van der Waals surface area contributed by atoms with E-state index in [1.807, 2.05) is 39.2 Å². The molecule has 0 bridgehead atoms. The second kappa shape index (κ2) is 6.25. The molecule has 5 nitrogen and oxygen atoms in total. The molecule has 3 aromatic heterocycles. The third-order valence-corrected chi connectivity index (χ3v) is 5.58. The van der Waals surface area contributed by atoms with Crippen molar-refractivity contribution in [3.8, 4) is 11.5 Å². The summed E-state index contributed by atoms with van der Waals surface area (Å²) in [6.45, 7) is 1.43. The summed E-state index contributed by atoms with van der Waals surface area (Å²) in [6, 6.07) is 5.95. The minimum atomic E-state index is 0.165. The van der Waals surface area contributed by atoms with Gasteiger partial charge in [-0.3, -0.25) is 4.79 Å². The van der Waals surface area contributed by atoms with Crippen molar-refractivity contribution in [1.29, 1.82) is 0 Å². The van der Waals surface area contributed by atoms with Crippen molar-refractivity contribution in [2.45, 2.75) is 18.8 Å². The fraction of sp³-hybridized carbons (Fsp3) is 0.312. The number of carbonyl (C=O) groups excluding carboxylic acids is 1. The van der Waals surface area contributed by atoms with Gasteiger partial charge in [-0.25, -0.2) is 0 Å². The van der Waals surface area contributed by atoms with E-state index in [0.717, 1.165) is 23.4 Å². The van der Waals surface area contributed by atoms with E-state index in [1.54, 1.807) is 22.7 Å². The molecule has 4 heterocycles. The zero-order valence-electron chi connectivity index (χ0n) is 12.3. The zero-order chi connectivity index (χ0) is 15.6. The first-order valence-electron chi connectivity index (χ1n) is 7.46. The van der Waals surface area contributed by atoms with E-state index in [9.17, 15) is 4.79 Å². The molecule has 0 radical (unpaired) electrons. The second-order valence-corrected chi connectivity index (χ2v) is 7.36. The van der Waals surface area contributed by atoms with Crippen LogP contribution in [0.25, 0.3) is 11.5 Å². The van der Waals surface area contributed by atoms with Gasteiger partial charge < -0.3 is 9.42 Å². The van der Waals surface area contributed by atoms with E-state index < -0.39 is 0 Å². The van der Waals surface area contributed by atoms with Gasteiger partial charge >= 0.3 is 0 Å². The normalized spacial score (nSPS) is 17.7. The molecular formula is C16H15N3O2S2. The Morgan fingerprint density at radius 2 is 2.35 bits per heavy atom. The predicted molar refractivity (Wildman–Crippen MR) is 89.6 cm³/mol. The smallest absolute Gasteiger partial charge is 0.258 e. The van der Waals surface area contributed by atoms with E-state index in [4.69, 9.17) is 4.52 Å². The van der Waals surface area contributed by atoms with Crippen LogP contribution >= 0.6 is 22.7 Å². The van der Waals surface area contributed by atoms with Crippen LogP contribution in [0.3, 0.4) is 0 Å². The number of hydrogen-bond donors (Lipinski definition) is 0. The van der Waals surface area contributed by atoms with Crippen LogP contribution in [-0.2, 0) is 11.2 Å².